The van der Waals surface area contributed by atoms with Crippen LogP contribution in [0.25, 0.3) is 0 Å². The highest BCUT2D eigenvalue weighted by Crippen LogP contribution is 2.24. The van der Waals surface area contributed by atoms with Gasteiger partial charge in [-0.3, -0.25) is 0 Å². The molecule has 154 valence electrons. The van der Waals surface area contributed by atoms with Crippen molar-refractivity contribution in [3.8, 4) is 5.75 Å². The molecule has 28 heavy (non-hydrogen) atoms. The summed E-state index contributed by atoms with van der Waals surface area (Å²) in [5, 5.41) is 11.9. The zero-order chi connectivity index (χ0) is 19.2. The molecule has 0 fully saturated rings. The van der Waals surface area contributed by atoms with Crippen LogP contribution in [-0.4, -0.2) is 39.9 Å². The lowest BCUT2D eigenvalue weighted by Crippen LogP contribution is -2.42. The molecule has 0 aliphatic carbocycles. The maximum absolute atomic E-state index is 6.16. The van der Waals surface area contributed by atoms with Crippen LogP contribution in [0, 0.1) is 6.92 Å². The van der Waals surface area contributed by atoms with E-state index in [2.05, 4.69) is 25.7 Å². The minimum atomic E-state index is -0.0994. The number of guanidine groups is 1. The molecule has 1 aromatic heterocycles. The second-order valence-electron chi connectivity index (χ2n) is 6.66. The molecule has 1 aliphatic rings. The lowest BCUT2D eigenvalue weighted by molar-refractivity contribution is 0.230. The SMILES string of the molecule is CCNC(=NCC(C)Oc1ccccc1Cl)NC1CCCn2nc(C)nc21.I. The molecule has 0 amide bonds. The number of hydrogen-bond donors (Lipinski definition) is 2. The second kappa shape index (κ2) is 10.8. The summed E-state index contributed by atoms with van der Waals surface area (Å²) in [4.78, 5) is 9.26. The summed E-state index contributed by atoms with van der Waals surface area (Å²) in [6.07, 6.45) is 1.98. The van der Waals surface area contributed by atoms with Gasteiger partial charge in [-0.15, -0.1) is 24.0 Å². The van der Waals surface area contributed by atoms with E-state index in [-0.39, 0.29) is 36.1 Å². The number of para-hydroxylation sites is 1. The maximum Gasteiger partial charge on any atom is 0.191 e. The number of hydrogen-bond acceptors (Lipinski definition) is 4. The van der Waals surface area contributed by atoms with Gasteiger partial charge in [-0.25, -0.2) is 14.7 Å². The highest BCUT2D eigenvalue weighted by atomic mass is 127. The minimum absolute atomic E-state index is 0. The molecule has 2 N–H and O–H groups in total. The van der Waals surface area contributed by atoms with Gasteiger partial charge >= 0.3 is 0 Å². The fourth-order valence-electron chi connectivity index (χ4n) is 3.10. The predicted molar refractivity (Wildman–Crippen MR) is 123 cm³/mol. The molecular weight excluding hydrogens is 491 g/mol. The molecule has 0 radical (unpaired) electrons. The van der Waals surface area contributed by atoms with E-state index >= 15 is 0 Å². The Morgan fingerprint density at radius 2 is 2.21 bits per heavy atom. The van der Waals surface area contributed by atoms with E-state index in [0.29, 0.717) is 17.3 Å². The molecule has 0 saturated carbocycles. The van der Waals surface area contributed by atoms with Crippen LogP contribution < -0.4 is 15.4 Å². The fourth-order valence-corrected chi connectivity index (χ4v) is 3.28. The number of halogens is 2. The number of nitrogens with one attached hydrogen (secondary N) is 2. The third-order valence-corrected chi connectivity index (χ3v) is 4.62. The first-order chi connectivity index (χ1) is 13.1. The standard InChI is InChI=1S/C19H27ClN6O.HI/c1-4-21-19(22-12-13(2)27-17-10-6-5-8-15(17)20)24-16-9-7-11-26-18(16)23-14(3)25-26;/h5-6,8,10,13,16H,4,7,9,11-12H2,1-3H3,(H2,21,22,24);1H. The van der Waals surface area contributed by atoms with Gasteiger partial charge in [0.2, 0.25) is 0 Å². The van der Waals surface area contributed by atoms with E-state index in [4.69, 9.17) is 16.3 Å². The molecule has 2 atom stereocenters. The smallest absolute Gasteiger partial charge is 0.191 e. The topological polar surface area (TPSA) is 76.4 Å². The second-order valence-corrected chi connectivity index (χ2v) is 7.07. The molecule has 1 aromatic carbocycles. The number of benzene rings is 1. The number of aryl methyl sites for hydroxylation is 2. The summed E-state index contributed by atoms with van der Waals surface area (Å²) in [7, 11) is 0. The van der Waals surface area contributed by atoms with Crippen molar-refractivity contribution in [2.75, 3.05) is 13.1 Å². The van der Waals surface area contributed by atoms with Gasteiger partial charge in [0.25, 0.3) is 0 Å². The molecule has 7 nitrogen and oxygen atoms in total. The van der Waals surface area contributed by atoms with Crippen molar-refractivity contribution >= 4 is 41.5 Å². The number of fused-ring (bicyclic) bond motifs is 1. The molecule has 2 unspecified atom stereocenters. The van der Waals surface area contributed by atoms with Crippen LogP contribution in [0.15, 0.2) is 29.3 Å². The highest BCUT2D eigenvalue weighted by Gasteiger charge is 2.24. The Kier molecular flexibility index (Phi) is 8.81. The average molecular weight is 519 g/mol. The van der Waals surface area contributed by atoms with Gasteiger partial charge < -0.3 is 15.4 Å². The zero-order valence-electron chi connectivity index (χ0n) is 16.5. The number of ether oxygens (including phenoxy) is 1. The summed E-state index contributed by atoms with van der Waals surface area (Å²) in [6.45, 7) is 8.18. The van der Waals surface area contributed by atoms with E-state index in [1.165, 1.54) is 0 Å². The minimum Gasteiger partial charge on any atom is -0.487 e. The van der Waals surface area contributed by atoms with E-state index in [0.717, 1.165) is 43.5 Å². The van der Waals surface area contributed by atoms with Gasteiger partial charge in [0.05, 0.1) is 17.6 Å². The molecule has 0 spiro atoms. The van der Waals surface area contributed by atoms with Crippen molar-refractivity contribution in [1.29, 1.82) is 0 Å². The predicted octanol–water partition coefficient (Wildman–Crippen LogP) is 3.72. The van der Waals surface area contributed by atoms with Crippen LogP contribution >= 0.6 is 35.6 Å². The Bertz CT molecular complexity index is 796. The first kappa shape index (κ1) is 22.7. The van der Waals surface area contributed by atoms with Crippen molar-refractivity contribution in [2.45, 2.75) is 52.3 Å². The number of aliphatic imine (C=N–C) groups is 1. The van der Waals surface area contributed by atoms with Gasteiger partial charge in [0.1, 0.15) is 23.5 Å². The largest absolute Gasteiger partial charge is 0.487 e. The molecule has 2 aromatic rings. The average Bonchev–Trinajstić information content (AvgIpc) is 3.03. The number of aromatic nitrogens is 3. The molecule has 9 heteroatoms. The quantitative estimate of drug-likeness (QED) is 0.346. The Hall–Kier alpha value is -1.55. The molecule has 3 rings (SSSR count). The molecule has 2 heterocycles. The number of nitrogens with zero attached hydrogens (tertiary/aromatic N) is 4. The monoisotopic (exact) mass is 518 g/mol. The van der Waals surface area contributed by atoms with Crippen molar-refractivity contribution in [3.63, 3.8) is 0 Å². The Balaban J connectivity index is 0.00000280. The first-order valence-electron chi connectivity index (χ1n) is 9.44. The fraction of sp³-hybridized carbons (Fsp3) is 0.526. The molecular formula is C19H28ClIN6O. The van der Waals surface area contributed by atoms with Gasteiger partial charge in [-0.05, 0) is 45.7 Å². The Labute approximate surface area is 188 Å². The van der Waals surface area contributed by atoms with Crippen LogP contribution in [0.3, 0.4) is 0 Å². The Morgan fingerprint density at radius 1 is 1.43 bits per heavy atom. The van der Waals surface area contributed by atoms with Gasteiger partial charge in [-0.2, -0.15) is 5.10 Å². The summed E-state index contributed by atoms with van der Waals surface area (Å²) < 4.78 is 7.89. The Morgan fingerprint density at radius 3 is 2.96 bits per heavy atom. The molecule has 1 aliphatic heterocycles. The van der Waals surface area contributed by atoms with Gasteiger partial charge in [-0.1, -0.05) is 23.7 Å². The van der Waals surface area contributed by atoms with Crippen LogP contribution in [0.4, 0.5) is 0 Å². The molecule has 0 bridgehead atoms. The zero-order valence-corrected chi connectivity index (χ0v) is 19.6. The normalized spacial score (nSPS) is 17.3. The molecule has 0 saturated heterocycles. The van der Waals surface area contributed by atoms with Crippen LogP contribution in [0.5, 0.6) is 5.75 Å². The summed E-state index contributed by atoms with van der Waals surface area (Å²) in [5.41, 5.74) is 0. The van der Waals surface area contributed by atoms with Crippen LogP contribution in [0.1, 0.15) is 44.4 Å². The van der Waals surface area contributed by atoms with E-state index in [1.807, 2.05) is 49.7 Å². The van der Waals surface area contributed by atoms with Crippen molar-refractivity contribution in [3.05, 3.63) is 40.9 Å². The number of rotatable bonds is 6. The van der Waals surface area contributed by atoms with E-state index in [9.17, 15) is 0 Å². The van der Waals surface area contributed by atoms with Crippen molar-refractivity contribution < 1.29 is 4.74 Å². The third-order valence-electron chi connectivity index (χ3n) is 4.31. The summed E-state index contributed by atoms with van der Waals surface area (Å²) in [6, 6.07) is 7.58. The van der Waals surface area contributed by atoms with E-state index in [1.54, 1.807) is 0 Å². The highest BCUT2D eigenvalue weighted by molar-refractivity contribution is 14.0. The first-order valence-corrected chi connectivity index (χ1v) is 9.82. The van der Waals surface area contributed by atoms with Crippen LogP contribution in [-0.2, 0) is 6.54 Å². The van der Waals surface area contributed by atoms with Crippen molar-refractivity contribution in [1.82, 2.24) is 25.4 Å². The lowest BCUT2D eigenvalue weighted by atomic mass is 10.1. The van der Waals surface area contributed by atoms with Gasteiger partial charge in [0, 0.05) is 13.1 Å². The maximum atomic E-state index is 6.16. The van der Waals surface area contributed by atoms with Gasteiger partial charge in [0.15, 0.2) is 5.96 Å². The van der Waals surface area contributed by atoms with Crippen molar-refractivity contribution in [2.24, 2.45) is 4.99 Å². The van der Waals surface area contributed by atoms with Crippen LogP contribution in [0.2, 0.25) is 5.02 Å². The lowest BCUT2D eigenvalue weighted by Gasteiger charge is -2.25. The summed E-state index contributed by atoms with van der Waals surface area (Å²) in [5.74, 6) is 3.22. The van der Waals surface area contributed by atoms with E-state index < -0.39 is 0 Å². The summed E-state index contributed by atoms with van der Waals surface area (Å²) >= 11 is 6.16. The third kappa shape index (κ3) is 5.97.